The minimum atomic E-state index is -0.583. The van der Waals surface area contributed by atoms with Crippen molar-refractivity contribution in [3.63, 3.8) is 0 Å². The minimum Gasteiger partial charge on any atom is -0.392 e. The molecule has 1 fully saturated rings. The van der Waals surface area contributed by atoms with Crippen LogP contribution in [0.1, 0.15) is 28.0 Å². The average molecular weight is 398 g/mol. The first-order chi connectivity index (χ1) is 13.9. The highest BCUT2D eigenvalue weighted by molar-refractivity contribution is 5.96. The molecule has 0 radical (unpaired) electrons. The molecule has 1 aliphatic heterocycles. The number of pyridine rings is 1. The zero-order chi connectivity index (χ0) is 20.5. The van der Waals surface area contributed by atoms with Crippen molar-refractivity contribution in [3.8, 4) is 0 Å². The lowest BCUT2D eigenvalue weighted by molar-refractivity contribution is -0.0379. The Morgan fingerprint density at radius 1 is 1.31 bits per heavy atom. The number of β-amino-alcohol motifs (C(OH)–C–C–N with tert-alkyl or cyclic N) is 1. The molecule has 3 heterocycles. The second-order valence-corrected chi connectivity index (χ2v) is 7.50. The maximum absolute atomic E-state index is 13.2. The number of amides is 1. The fraction of sp³-hybridized carbons (Fsp3) is 0.333. The number of halogens is 1. The van der Waals surface area contributed by atoms with Gasteiger partial charge in [0.15, 0.2) is 0 Å². The molecule has 152 valence electrons. The summed E-state index contributed by atoms with van der Waals surface area (Å²) in [7, 11) is 1.26. The van der Waals surface area contributed by atoms with Gasteiger partial charge in [-0.1, -0.05) is 12.1 Å². The first kappa shape index (κ1) is 19.5. The lowest BCUT2D eigenvalue weighted by Crippen LogP contribution is -2.23. The number of aliphatic hydroxyl groups is 1. The van der Waals surface area contributed by atoms with Crippen molar-refractivity contribution in [2.45, 2.75) is 25.6 Å². The van der Waals surface area contributed by atoms with E-state index in [1.54, 1.807) is 24.4 Å². The van der Waals surface area contributed by atoms with E-state index in [-0.39, 0.29) is 17.6 Å². The third-order valence-corrected chi connectivity index (χ3v) is 5.27. The van der Waals surface area contributed by atoms with Crippen LogP contribution in [0.3, 0.4) is 0 Å². The highest BCUT2D eigenvalue weighted by atomic mass is 19.1. The van der Waals surface area contributed by atoms with Gasteiger partial charge < -0.3 is 9.67 Å². The van der Waals surface area contributed by atoms with E-state index < -0.39 is 5.91 Å². The quantitative estimate of drug-likeness (QED) is 0.509. The fourth-order valence-corrected chi connectivity index (χ4v) is 3.78. The molecule has 0 saturated carbocycles. The summed E-state index contributed by atoms with van der Waals surface area (Å²) in [6.07, 6.45) is 4.06. The predicted octanol–water partition coefficient (Wildman–Crippen LogP) is 2.25. The summed E-state index contributed by atoms with van der Waals surface area (Å²) >= 11 is 0. The van der Waals surface area contributed by atoms with E-state index in [4.69, 9.17) is 0 Å². The molecule has 2 aromatic heterocycles. The second kappa shape index (κ2) is 7.90. The van der Waals surface area contributed by atoms with Crippen LogP contribution < -0.4 is 0 Å². The molecule has 4 rings (SSSR count). The van der Waals surface area contributed by atoms with E-state index in [0.29, 0.717) is 24.7 Å². The Hall–Kier alpha value is -2.81. The van der Waals surface area contributed by atoms with E-state index in [1.807, 2.05) is 10.8 Å². The van der Waals surface area contributed by atoms with Crippen LogP contribution in [0, 0.1) is 5.82 Å². The van der Waals surface area contributed by atoms with Crippen LogP contribution >= 0.6 is 0 Å². The molecule has 0 aliphatic carbocycles. The maximum Gasteiger partial charge on any atom is 0.295 e. The van der Waals surface area contributed by atoms with Crippen molar-refractivity contribution in [1.29, 1.82) is 0 Å². The number of carbonyl (C=O) groups excluding carboxylic acids is 1. The first-order valence-electron chi connectivity index (χ1n) is 9.50. The van der Waals surface area contributed by atoms with Crippen LogP contribution in [0.4, 0.5) is 4.39 Å². The van der Waals surface area contributed by atoms with Crippen molar-refractivity contribution in [2.24, 2.45) is 0 Å². The number of nitrogens with zero attached hydrogens (tertiary/aromatic N) is 4. The molecular formula is C21H23FN4O3. The van der Waals surface area contributed by atoms with Crippen LogP contribution in [-0.4, -0.2) is 62.0 Å². The van der Waals surface area contributed by atoms with E-state index in [2.05, 4.69) is 9.88 Å². The standard InChI is InChI=1S/C21H23FN4O3/c1-24(29)21(28)19-8-18-15(11-25-7-6-17(27)13-25)12-26(20(18)9-23-19)10-14-2-4-16(22)5-3-14/h2-5,8-9,12,17,27,29H,6-7,10-11,13H2,1H3. The van der Waals surface area contributed by atoms with E-state index in [1.165, 1.54) is 19.2 Å². The van der Waals surface area contributed by atoms with Gasteiger partial charge in [0.25, 0.3) is 5.91 Å². The van der Waals surface area contributed by atoms with Gasteiger partial charge in [-0.2, -0.15) is 0 Å². The topological polar surface area (TPSA) is 81.8 Å². The van der Waals surface area contributed by atoms with Crippen molar-refractivity contribution in [2.75, 3.05) is 20.1 Å². The summed E-state index contributed by atoms with van der Waals surface area (Å²) in [6, 6.07) is 8.03. The number of hydrogen-bond acceptors (Lipinski definition) is 5. The summed E-state index contributed by atoms with van der Waals surface area (Å²) in [5, 5.41) is 20.7. The molecular weight excluding hydrogens is 375 g/mol. The predicted molar refractivity (Wildman–Crippen MR) is 105 cm³/mol. The fourth-order valence-electron chi connectivity index (χ4n) is 3.78. The largest absolute Gasteiger partial charge is 0.392 e. The summed E-state index contributed by atoms with van der Waals surface area (Å²) < 4.78 is 15.2. The maximum atomic E-state index is 13.2. The van der Waals surface area contributed by atoms with Gasteiger partial charge in [0, 0.05) is 44.8 Å². The first-order valence-corrected chi connectivity index (χ1v) is 9.50. The third-order valence-electron chi connectivity index (χ3n) is 5.27. The van der Waals surface area contributed by atoms with Gasteiger partial charge in [-0.25, -0.2) is 14.4 Å². The Morgan fingerprint density at radius 3 is 2.72 bits per heavy atom. The molecule has 1 atom stereocenters. The van der Waals surface area contributed by atoms with Crippen LogP contribution in [-0.2, 0) is 13.1 Å². The smallest absolute Gasteiger partial charge is 0.295 e. The normalized spacial score (nSPS) is 17.2. The summed E-state index contributed by atoms with van der Waals surface area (Å²) in [6.45, 7) is 2.59. The Balaban J connectivity index is 1.72. The monoisotopic (exact) mass is 398 g/mol. The molecule has 7 nitrogen and oxygen atoms in total. The van der Waals surface area contributed by atoms with Crippen molar-refractivity contribution < 1.29 is 19.5 Å². The Kier molecular flexibility index (Phi) is 5.31. The number of aromatic nitrogens is 2. The van der Waals surface area contributed by atoms with Gasteiger partial charge >= 0.3 is 0 Å². The summed E-state index contributed by atoms with van der Waals surface area (Å²) in [4.78, 5) is 18.5. The molecule has 0 spiro atoms. The number of aliphatic hydroxyl groups excluding tert-OH is 1. The van der Waals surface area contributed by atoms with Crippen molar-refractivity contribution in [1.82, 2.24) is 19.5 Å². The molecule has 29 heavy (non-hydrogen) atoms. The number of fused-ring (bicyclic) bond motifs is 1. The molecule has 1 aliphatic rings. The number of rotatable bonds is 5. The number of likely N-dealkylation sites (tertiary alicyclic amines) is 1. The highest BCUT2D eigenvalue weighted by Crippen LogP contribution is 2.26. The van der Waals surface area contributed by atoms with E-state index in [0.717, 1.165) is 35.0 Å². The van der Waals surface area contributed by atoms with Crippen LogP contribution in [0.5, 0.6) is 0 Å². The third kappa shape index (κ3) is 4.14. The van der Waals surface area contributed by atoms with Crippen LogP contribution in [0.25, 0.3) is 10.9 Å². The van der Waals surface area contributed by atoms with Crippen molar-refractivity contribution >= 4 is 16.8 Å². The number of benzene rings is 1. The van der Waals surface area contributed by atoms with Gasteiger partial charge in [0.1, 0.15) is 11.5 Å². The number of hydroxylamine groups is 2. The zero-order valence-corrected chi connectivity index (χ0v) is 16.1. The van der Waals surface area contributed by atoms with Gasteiger partial charge in [-0.15, -0.1) is 0 Å². The minimum absolute atomic E-state index is 0.157. The van der Waals surface area contributed by atoms with Crippen LogP contribution in [0.2, 0.25) is 0 Å². The molecule has 1 aromatic carbocycles. The Bertz CT molecular complexity index is 1030. The van der Waals surface area contributed by atoms with Gasteiger partial charge in [-0.05, 0) is 35.7 Å². The van der Waals surface area contributed by atoms with Crippen LogP contribution in [0.15, 0.2) is 42.7 Å². The lowest BCUT2D eigenvalue weighted by Gasteiger charge is -2.14. The van der Waals surface area contributed by atoms with Gasteiger partial charge in [0.05, 0.1) is 17.8 Å². The zero-order valence-electron chi connectivity index (χ0n) is 16.1. The van der Waals surface area contributed by atoms with Gasteiger partial charge in [-0.3, -0.25) is 14.9 Å². The summed E-state index contributed by atoms with van der Waals surface area (Å²) in [5.74, 6) is -0.863. The van der Waals surface area contributed by atoms with E-state index in [9.17, 15) is 19.5 Å². The lowest BCUT2D eigenvalue weighted by atomic mass is 10.1. The van der Waals surface area contributed by atoms with Crippen molar-refractivity contribution in [3.05, 3.63) is 65.4 Å². The molecule has 2 N–H and O–H groups in total. The number of carbonyl (C=O) groups is 1. The molecule has 8 heteroatoms. The van der Waals surface area contributed by atoms with Gasteiger partial charge in [0.2, 0.25) is 0 Å². The molecule has 1 unspecified atom stereocenters. The van der Waals surface area contributed by atoms with E-state index >= 15 is 0 Å². The number of hydrogen-bond donors (Lipinski definition) is 2. The molecule has 1 saturated heterocycles. The SMILES string of the molecule is CN(O)C(=O)c1cc2c(CN3CCC(O)C3)cn(Cc3ccc(F)cc3)c2cn1. The highest BCUT2D eigenvalue weighted by Gasteiger charge is 2.22. The molecule has 3 aromatic rings. The Labute approximate surface area is 167 Å². The average Bonchev–Trinajstić information content (AvgIpc) is 3.26. The molecule has 0 bridgehead atoms. The second-order valence-electron chi connectivity index (χ2n) is 7.50. The Morgan fingerprint density at radius 2 is 2.07 bits per heavy atom. The molecule has 1 amide bonds. The summed E-state index contributed by atoms with van der Waals surface area (Å²) in [5.41, 5.74) is 2.96.